The number of halogens is 2. The monoisotopic (exact) mass is 496 g/mol. The average molecular weight is 497 g/mol. The van der Waals surface area contributed by atoms with Crippen LogP contribution in [0.4, 0.5) is 10.1 Å². The molecule has 0 atom stereocenters. The molecule has 3 aromatic rings. The van der Waals surface area contributed by atoms with E-state index in [2.05, 4.69) is 4.99 Å². The van der Waals surface area contributed by atoms with Crippen molar-refractivity contribution < 1.29 is 23.8 Å². The molecule has 1 fully saturated rings. The molecule has 0 bridgehead atoms. The summed E-state index contributed by atoms with van der Waals surface area (Å²) in [7, 11) is 1.62. The van der Waals surface area contributed by atoms with Crippen LogP contribution in [-0.4, -0.2) is 34.1 Å². The second kappa shape index (κ2) is 10.1. The normalized spacial score (nSPS) is 15.9. The number of hydrogen-bond donors (Lipinski definition) is 1. The van der Waals surface area contributed by atoms with Crippen LogP contribution in [0.3, 0.4) is 0 Å². The number of carboxylic acids is 1. The van der Waals surface area contributed by atoms with Crippen LogP contribution in [0.25, 0.3) is 6.08 Å². The number of likely N-dealkylation sites (N-methyl/N-ethyl adjacent to an activating group) is 1. The van der Waals surface area contributed by atoms with Gasteiger partial charge in [-0.2, -0.15) is 0 Å². The van der Waals surface area contributed by atoms with Crippen molar-refractivity contribution in [2.75, 3.05) is 7.05 Å². The fourth-order valence-electron chi connectivity index (χ4n) is 3.09. The number of aromatic carboxylic acids is 1. The standard InChI is InChI=1S/C25H18ClFN2O4S/c1-29-23(30)22(34-25(29)28-18-9-7-16(8-10-18)24(31)32)13-15-6-11-21(19(26)12-15)33-14-17-4-2-3-5-20(17)27/h2-13H,14H2,1H3,(H,31,32). The number of rotatable bonds is 6. The van der Waals surface area contributed by atoms with Crippen molar-refractivity contribution in [3.8, 4) is 5.75 Å². The third kappa shape index (κ3) is 5.30. The smallest absolute Gasteiger partial charge is 0.335 e. The summed E-state index contributed by atoms with van der Waals surface area (Å²) in [5, 5.41) is 9.81. The van der Waals surface area contributed by atoms with Crippen LogP contribution in [0.1, 0.15) is 21.5 Å². The van der Waals surface area contributed by atoms with Crippen molar-refractivity contribution in [2.45, 2.75) is 6.61 Å². The van der Waals surface area contributed by atoms with Crippen LogP contribution in [0, 0.1) is 5.82 Å². The number of carbonyl (C=O) groups excluding carboxylic acids is 1. The predicted molar refractivity (Wildman–Crippen MR) is 131 cm³/mol. The first-order valence-corrected chi connectivity index (χ1v) is 11.3. The van der Waals surface area contributed by atoms with Crippen LogP contribution in [0.2, 0.25) is 5.02 Å². The van der Waals surface area contributed by atoms with E-state index in [0.29, 0.717) is 37.7 Å². The van der Waals surface area contributed by atoms with E-state index in [1.807, 2.05) is 0 Å². The Bertz CT molecular complexity index is 1320. The highest BCUT2D eigenvalue weighted by Crippen LogP contribution is 2.34. The van der Waals surface area contributed by atoms with Crippen molar-refractivity contribution in [1.29, 1.82) is 0 Å². The van der Waals surface area contributed by atoms with Crippen molar-refractivity contribution in [1.82, 2.24) is 4.90 Å². The number of carboxylic acid groups (broad SMARTS) is 1. The van der Waals surface area contributed by atoms with E-state index in [4.69, 9.17) is 21.4 Å². The van der Waals surface area contributed by atoms with Gasteiger partial charge in [0.2, 0.25) is 0 Å². The van der Waals surface area contributed by atoms with Crippen LogP contribution in [0.5, 0.6) is 5.75 Å². The minimum atomic E-state index is -1.02. The van der Waals surface area contributed by atoms with E-state index in [1.54, 1.807) is 61.7 Å². The molecule has 34 heavy (non-hydrogen) atoms. The lowest BCUT2D eigenvalue weighted by Gasteiger charge is -2.09. The maximum Gasteiger partial charge on any atom is 0.335 e. The molecule has 1 N–H and O–H groups in total. The van der Waals surface area contributed by atoms with Gasteiger partial charge >= 0.3 is 5.97 Å². The topological polar surface area (TPSA) is 79.2 Å². The molecule has 1 saturated heterocycles. The van der Waals surface area contributed by atoms with E-state index in [0.717, 1.165) is 0 Å². The number of nitrogens with zero attached hydrogens (tertiary/aromatic N) is 2. The molecule has 172 valence electrons. The molecular weight excluding hydrogens is 479 g/mol. The van der Waals surface area contributed by atoms with Gasteiger partial charge in [-0.1, -0.05) is 35.9 Å². The van der Waals surface area contributed by atoms with Crippen molar-refractivity contribution in [3.63, 3.8) is 0 Å². The number of benzene rings is 3. The molecule has 0 aliphatic carbocycles. The highest BCUT2D eigenvalue weighted by molar-refractivity contribution is 8.18. The zero-order chi connectivity index (χ0) is 24.2. The second-order valence-electron chi connectivity index (χ2n) is 7.29. The lowest BCUT2D eigenvalue weighted by atomic mass is 10.2. The molecule has 1 heterocycles. The Morgan fingerprint density at radius 2 is 1.91 bits per heavy atom. The largest absolute Gasteiger partial charge is 0.487 e. The number of ether oxygens (including phenoxy) is 1. The quantitative estimate of drug-likeness (QED) is 0.424. The lowest BCUT2D eigenvalue weighted by molar-refractivity contribution is -0.121. The highest BCUT2D eigenvalue weighted by Gasteiger charge is 2.30. The van der Waals surface area contributed by atoms with Gasteiger partial charge in [0.25, 0.3) is 5.91 Å². The first kappa shape index (κ1) is 23.5. The fraction of sp³-hybridized carbons (Fsp3) is 0.0800. The Kier molecular flexibility index (Phi) is 7.00. The Labute approximate surface area is 204 Å². The molecule has 6 nitrogen and oxygen atoms in total. The van der Waals surface area contributed by atoms with Gasteiger partial charge in [-0.15, -0.1) is 0 Å². The summed E-state index contributed by atoms with van der Waals surface area (Å²) in [5.41, 5.74) is 1.81. The van der Waals surface area contributed by atoms with Crippen LogP contribution >= 0.6 is 23.4 Å². The molecule has 0 spiro atoms. The summed E-state index contributed by atoms with van der Waals surface area (Å²) in [6.45, 7) is 0.0409. The Hall–Kier alpha value is -3.62. The molecule has 4 rings (SSSR count). The second-order valence-corrected chi connectivity index (χ2v) is 8.71. The summed E-state index contributed by atoms with van der Waals surface area (Å²) < 4.78 is 19.4. The molecule has 1 aliphatic heterocycles. The highest BCUT2D eigenvalue weighted by atomic mass is 35.5. The van der Waals surface area contributed by atoms with E-state index >= 15 is 0 Å². The minimum Gasteiger partial charge on any atom is -0.487 e. The summed E-state index contributed by atoms with van der Waals surface area (Å²) in [6, 6.07) is 17.5. The van der Waals surface area contributed by atoms with Gasteiger partial charge < -0.3 is 9.84 Å². The summed E-state index contributed by atoms with van der Waals surface area (Å²) in [6.07, 6.45) is 1.70. The predicted octanol–water partition coefficient (Wildman–Crippen LogP) is 5.99. The first-order valence-electron chi connectivity index (χ1n) is 10.1. The molecule has 1 aliphatic rings. The first-order chi connectivity index (χ1) is 16.3. The third-order valence-corrected chi connectivity index (χ3v) is 6.29. The molecular formula is C25H18ClFN2O4S. The van der Waals surface area contributed by atoms with Crippen LogP contribution in [0.15, 0.2) is 76.6 Å². The van der Waals surface area contributed by atoms with Gasteiger partial charge in [0.05, 0.1) is 21.2 Å². The SMILES string of the molecule is CN1C(=O)C(=Cc2ccc(OCc3ccccc3F)c(Cl)c2)SC1=Nc1ccc(C(=O)O)cc1. The maximum absolute atomic E-state index is 13.8. The molecule has 0 saturated carbocycles. The van der Waals surface area contributed by atoms with Crippen LogP contribution < -0.4 is 4.74 Å². The maximum atomic E-state index is 13.8. The number of thioether (sulfide) groups is 1. The summed E-state index contributed by atoms with van der Waals surface area (Å²) in [5.74, 6) is -1.19. The Balaban J connectivity index is 1.49. The van der Waals surface area contributed by atoms with Crippen molar-refractivity contribution in [3.05, 3.63) is 99.2 Å². The average Bonchev–Trinajstić information content (AvgIpc) is 3.07. The fourth-order valence-corrected chi connectivity index (χ4v) is 4.32. The van der Waals surface area contributed by atoms with Gasteiger partial charge in [0.1, 0.15) is 18.2 Å². The molecule has 0 radical (unpaired) electrons. The lowest BCUT2D eigenvalue weighted by Crippen LogP contribution is -2.23. The molecule has 0 aromatic heterocycles. The Morgan fingerprint density at radius 3 is 2.59 bits per heavy atom. The number of amidine groups is 1. The number of hydrogen-bond acceptors (Lipinski definition) is 5. The van der Waals surface area contributed by atoms with Gasteiger partial charge in [0.15, 0.2) is 5.17 Å². The number of carbonyl (C=O) groups is 2. The minimum absolute atomic E-state index is 0.0409. The van der Waals surface area contributed by atoms with E-state index in [9.17, 15) is 14.0 Å². The van der Waals surface area contributed by atoms with Crippen molar-refractivity contribution >= 4 is 52.2 Å². The van der Waals surface area contributed by atoms with Gasteiger partial charge in [-0.3, -0.25) is 9.69 Å². The van der Waals surface area contributed by atoms with Gasteiger partial charge in [-0.05, 0) is 65.9 Å². The van der Waals surface area contributed by atoms with E-state index in [1.165, 1.54) is 34.9 Å². The van der Waals surface area contributed by atoms with E-state index < -0.39 is 5.97 Å². The van der Waals surface area contributed by atoms with Gasteiger partial charge in [-0.25, -0.2) is 14.2 Å². The summed E-state index contributed by atoms with van der Waals surface area (Å²) >= 11 is 7.54. The zero-order valence-electron chi connectivity index (χ0n) is 17.9. The molecule has 3 aromatic carbocycles. The van der Waals surface area contributed by atoms with Gasteiger partial charge in [0, 0.05) is 12.6 Å². The molecule has 0 unspecified atom stereocenters. The molecule has 1 amide bonds. The third-order valence-electron chi connectivity index (χ3n) is 4.94. The number of amides is 1. The number of aliphatic imine (C=N–C) groups is 1. The zero-order valence-corrected chi connectivity index (χ0v) is 19.4. The molecule has 9 heteroatoms. The van der Waals surface area contributed by atoms with E-state index in [-0.39, 0.29) is 23.9 Å². The Morgan fingerprint density at radius 1 is 1.18 bits per heavy atom. The van der Waals surface area contributed by atoms with Crippen LogP contribution in [-0.2, 0) is 11.4 Å². The summed E-state index contributed by atoms with van der Waals surface area (Å²) in [4.78, 5) is 30.0. The van der Waals surface area contributed by atoms with Crippen molar-refractivity contribution in [2.24, 2.45) is 4.99 Å².